The van der Waals surface area contributed by atoms with Gasteiger partial charge >= 0.3 is 0 Å². The molecule has 0 saturated carbocycles. The predicted octanol–water partition coefficient (Wildman–Crippen LogP) is 4.69. The average Bonchev–Trinajstić information content (AvgIpc) is 2.40. The second kappa shape index (κ2) is 6.11. The Hall–Kier alpha value is -1.48. The number of rotatable bonds is 4. The molecular formula is C16H18BrNO. The largest absolute Gasteiger partial charge is 0.496 e. The van der Waals surface area contributed by atoms with Gasteiger partial charge in [0.1, 0.15) is 5.75 Å². The number of benzene rings is 2. The molecular weight excluding hydrogens is 302 g/mol. The lowest BCUT2D eigenvalue weighted by molar-refractivity contribution is 0.411. The van der Waals surface area contributed by atoms with Gasteiger partial charge in [0.25, 0.3) is 0 Å². The Morgan fingerprint density at radius 3 is 2.47 bits per heavy atom. The SMILES string of the molecule is COc1ccc(CNc2ccc(Br)c(C)c2)cc1C. The van der Waals surface area contributed by atoms with Gasteiger partial charge in [-0.2, -0.15) is 0 Å². The van der Waals surface area contributed by atoms with Crippen molar-refractivity contribution in [2.24, 2.45) is 0 Å². The second-order valence-electron chi connectivity index (χ2n) is 4.62. The van der Waals surface area contributed by atoms with Crippen LogP contribution < -0.4 is 10.1 Å². The highest BCUT2D eigenvalue weighted by Crippen LogP contribution is 2.22. The van der Waals surface area contributed by atoms with Gasteiger partial charge in [-0.15, -0.1) is 0 Å². The van der Waals surface area contributed by atoms with Crippen molar-refractivity contribution < 1.29 is 4.74 Å². The molecule has 0 amide bonds. The van der Waals surface area contributed by atoms with Gasteiger partial charge in [-0.3, -0.25) is 0 Å². The van der Waals surface area contributed by atoms with Gasteiger partial charge in [-0.25, -0.2) is 0 Å². The summed E-state index contributed by atoms with van der Waals surface area (Å²) in [6.07, 6.45) is 0. The molecule has 0 aliphatic rings. The van der Waals surface area contributed by atoms with Crippen molar-refractivity contribution in [3.63, 3.8) is 0 Å². The third-order valence-corrected chi connectivity index (χ3v) is 4.00. The van der Waals surface area contributed by atoms with Crippen molar-refractivity contribution in [2.75, 3.05) is 12.4 Å². The minimum atomic E-state index is 0.811. The van der Waals surface area contributed by atoms with E-state index in [0.29, 0.717) is 0 Å². The Bertz CT molecular complexity index is 581. The van der Waals surface area contributed by atoms with Gasteiger partial charge in [0.05, 0.1) is 7.11 Å². The van der Waals surface area contributed by atoms with Crippen LogP contribution in [0.2, 0.25) is 0 Å². The topological polar surface area (TPSA) is 21.3 Å². The van der Waals surface area contributed by atoms with E-state index in [-0.39, 0.29) is 0 Å². The van der Waals surface area contributed by atoms with Crippen LogP contribution in [0.4, 0.5) is 5.69 Å². The van der Waals surface area contributed by atoms with Crippen LogP contribution in [0.15, 0.2) is 40.9 Å². The monoisotopic (exact) mass is 319 g/mol. The first kappa shape index (κ1) is 13.9. The summed E-state index contributed by atoms with van der Waals surface area (Å²) in [4.78, 5) is 0. The fraction of sp³-hybridized carbons (Fsp3) is 0.250. The van der Waals surface area contributed by atoms with Gasteiger partial charge in [0, 0.05) is 16.7 Å². The Morgan fingerprint density at radius 1 is 1.05 bits per heavy atom. The van der Waals surface area contributed by atoms with Crippen molar-refractivity contribution >= 4 is 21.6 Å². The van der Waals surface area contributed by atoms with Crippen LogP contribution in [0.3, 0.4) is 0 Å². The molecule has 0 spiro atoms. The maximum absolute atomic E-state index is 5.27. The van der Waals surface area contributed by atoms with E-state index in [1.54, 1.807) is 7.11 Å². The molecule has 0 saturated heterocycles. The average molecular weight is 320 g/mol. The first-order valence-corrected chi connectivity index (χ1v) is 7.03. The molecule has 0 aliphatic carbocycles. The van der Waals surface area contributed by atoms with Crippen LogP contribution in [0.5, 0.6) is 5.75 Å². The predicted molar refractivity (Wildman–Crippen MR) is 83.9 cm³/mol. The van der Waals surface area contributed by atoms with Crippen LogP contribution in [-0.4, -0.2) is 7.11 Å². The van der Waals surface area contributed by atoms with E-state index in [4.69, 9.17) is 4.74 Å². The highest BCUT2D eigenvalue weighted by Gasteiger charge is 2.01. The van der Waals surface area contributed by atoms with Gasteiger partial charge in [0.15, 0.2) is 0 Å². The van der Waals surface area contributed by atoms with Gasteiger partial charge in [-0.1, -0.05) is 28.1 Å². The summed E-state index contributed by atoms with van der Waals surface area (Å²) in [7, 11) is 1.70. The van der Waals surface area contributed by atoms with Crippen LogP contribution in [0.1, 0.15) is 16.7 Å². The molecule has 2 rings (SSSR count). The van der Waals surface area contributed by atoms with Crippen molar-refractivity contribution in [2.45, 2.75) is 20.4 Å². The highest BCUT2D eigenvalue weighted by atomic mass is 79.9. The lowest BCUT2D eigenvalue weighted by Gasteiger charge is -2.10. The Morgan fingerprint density at radius 2 is 1.84 bits per heavy atom. The van der Waals surface area contributed by atoms with E-state index in [2.05, 4.69) is 65.4 Å². The minimum absolute atomic E-state index is 0.811. The molecule has 0 heterocycles. The van der Waals surface area contributed by atoms with E-state index >= 15 is 0 Å². The normalized spacial score (nSPS) is 10.3. The zero-order valence-corrected chi connectivity index (χ0v) is 13.0. The van der Waals surface area contributed by atoms with Crippen LogP contribution >= 0.6 is 15.9 Å². The summed E-state index contributed by atoms with van der Waals surface area (Å²) >= 11 is 3.51. The molecule has 2 nitrogen and oxygen atoms in total. The van der Waals surface area contributed by atoms with E-state index in [1.807, 2.05) is 6.07 Å². The van der Waals surface area contributed by atoms with E-state index < -0.39 is 0 Å². The summed E-state index contributed by atoms with van der Waals surface area (Å²) in [6.45, 7) is 4.96. The number of methoxy groups -OCH3 is 1. The lowest BCUT2D eigenvalue weighted by Crippen LogP contribution is -2.00. The lowest BCUT2D eigenvalue weighted by atomic mass is 10.1. The van der Waals surface area contributed by atoms with E-state index in [9.17, 15) is 0 Å². The zero-order chi connectivity index (χ0) is 13.8. The molecule has 0 radical (unpaired) electrons. The minimum Gasteiger partial charge on any atom is -0.496 e. The standard InChI is InChI=1S/C16H18BrNO/c1-11-9-14(5-6-15(11)17)18-10-13-4-7-16(19-3)12(2)8-13/h4-9,18H,10H2,1-3H3. The maximum Gasteiger partial charge on any atom is 0.121 e. The van der Waals surface area contributed by atoms with E-state index in [1.165, 1.54) is 11.1 Å². The molecule has 2 aromatic carbocycles. The molecule has 2 aromatic rings. The number of hydrogen-bond donors (Lipinski definition) is 1. The summed E-state index contributed by atoms with van der Waals surface area (Å²) < 4.78 is 6.40. The van der Waals surface area contributed by atoms with Crippen molar-refractivity contribution in [1.29, 1.82) is 0 Å². The third-order valence-electron chi connectivity index (χ3n) is 3.11. The number of nitrogens with one attached hydrogen (secondary N) is 1. The molecule has 0 fully saturated rings. The number of aryl methyl sites for hydroxylation is 2. The molecule has 0 unspecified atom stereocenters. The first-order chi connectivity index (χ1) is 9.10. The molecule has 1 N–H and O–H groups in total. The molecule has 0 atom stereocenters. The van der Waals surface area contributed by atoms with Gasteiger partial charge < -0.3 is 10.1 Å². The fourth-order valence-electron chi connectivity index (χ4n) is 2.01. The van der Waals surface area contributed by atoms with Crippen LogP contribution in [-0.2, 0) is 6.54 Å². The van der Waals surface area contributed by atoms with Crippen molar-refractivity contribution in [3.05, 3.63) is 57.6 Å². The quantitative estimate of drug-likeness (QED) is 0.883. The summed E-state index contributed by atoms with van der Waals surface area (Å²) in [5.74, 6) is 0.934. The fourth-order valence-corrected chi connectivity index (χ4v) is 2.26. The number of ether oxygens (including phenoxy) is 1. The summed E-state index contributed by atoms with van der Waals surface area (Å²) in [6, 6.07) is 12.5. The molecule has 0 aromatic heterocycles. The second-order valence-corrected chi connectivity index (χ2v) is 5.48. The van der Waals surface area contributed by atoms with Crippen LogP contribution in [0, 0.1) is 13.8 Å². The smallest absolute Gasteiger partial charge is 0.121 e. The summed E-state index contributed by atoms with van der Waals surface area (Å²) in [5, 5.41) is 3.43. The van der Waals surface area contributed by atoms with Crippen molar-refractivity contribution in [1.82, 2.24) is 0 Å². The third kappa shape index (κ3) is 3.51. The highest BCUT2D eigenvalue weighted by molar-refractivity contribution is 9.10. The first-order valence-electron chi connectivity index (χ1n) is 6.23. The Kier molecular flexibility index (Phi) is 4.48. The molecule has 0 aliphatic heterocycles. The molecule has 0 bridgehead atoms. The van der Waals surface area contributed by atoms with Gasteiger partial charge in [-0.05, 0) is 54.8 Å². The maximum atomic E-state index is 5.27. The van der Waals surface area contributed by atoms with Crippen LogP contribution in [0.25, 0.3) is 0 Å². The van der Waals surface area contributed by atoms with Crippen molar-refractivity contribution in [3.8, 4) is 5.75 Å². The molecule has 3 heteroatoms. The Labute approximate surface area is 122 Å². The Balaban J connectivity index is 2.05. The molecule has 100 valence electrons. The summed E-state index contributed by atoms with van der Waals surface area (Å²) in [5.41, 5.74) is 4.78. The van der Waals surface area contributed by atoms with E-state index in [0.717, 1.165) is 28.0 Å². The number of anilines is 1. The number of hydrogen-bond acceptors (Lipinski definition) is 2. The molecule has 19 heavy (non-hydrogen) atoms. The number of halogens is 1. The zero-order valence-electron chi connectivity index (χ0n) is 11.5. The van der Waals surface area contributed by atoms with Gasteiger partial charge in [0.2, 0.25) is 0 Å².